The molecule has 0 aliphatic carbocycles. The van der Waals surface area contributed by atoms with E-state index in [0.29, 0.717) is 0 Å². The fourth-order valence-electron chi connectivity index (χ4n) is 5.62. The molecule has 4 rings (SSSR count). The van der Waals surface area contributed by atoms with Crippen LogP contribution in [0.4, 0.5) is 0 Å². The van der Waals surface area contributed by atoms with Gasteiger partial charge in [-0.25, -0.2) is 0 Å². The molecule has 0 aromatic heterocycles. The zero-order valence-electron chi connectivity index (χ0n) is 36.6. The van der Waals surface area contributed by atoms with Gasteiger partial charge in [-0.15, -0.1) is 0 Å². The van der Waals surface area contributed by atoms with Crippen molar-refractivity contribution in [2.24, 2.45) is 0 Å². The summed E-state index contributed by atoms with van der Waals surface area (Å²) < 4.78 is 0.889. The smallest absolute Gasteiger partial charge is 0 e. The van der Waals surface area contributed by atoms with E-state index in [4.69, 9.17) is 0 Å². The standard InChI is InChI=1S/4C10H15.2C2H4S4.4Rh/c4*1-6-7(2)9(4)10(5)8(6)3;2*3-1(4)2(5)6;;;;/h4*1-5H3;2*3-6H;;;;/q4*-1;;;;;;/p-8. The third kappa shape index (κ3) is 20.3. The third-order valence-electron chi connectivity index (χ3n) is 11.6. The van der Waals surface area contributed by atoms with E-state index >= 15 is 0 Å². The molecule has 0 saturated heterocycles. The molecule has 4 aromatic carbocycles. The first-order valence-electron chi connectivity index (χ1n) is 17.1. The monoisotopic (exact) mass is 1260 g/mol. The number of rotatable bonds is 0. The number of hydrogen-bond donors (Lipinski definition) is 0. The van der Waals surface area contributed by atoms with Crippen molar-refractivity contribution in [2.75, 3.05) is 0 Å². The van der Waals surface area contributed by atoms with Gasteiger partial charge in [-0.2, -0.15) is 111 Å². The van der Waals surface area contributed by atoms with Crippen molar-refractivity contribution < 1.29 is 77.9 Å². The summed E-state index contributed by atoms with van der Waals surface area (Å²) in [6.45, 7) is 44.0. The molecule has 0 saturated carbocycles. The molecule has 0 spiro atoms. The molecule has 4 radical (unpaired) electrons. The topological polar surface area (TPSA) is 0 Å². The van der Waals surface area contributed by atoms with Gasteiger partial charge < -0.3 is 118 Å². The minimum atomic E-state index is 0. The van der Waals surface area contributed by atoms with Gasteiger partial charge in [0.05, 0.1) is 0 Å². The maximum atomic E-state index is 4.39. The minimum absolute atomic E-state index is 0. The van der Waals surface area contributed by atoms with Gasteiger partial charge in [-0.1, -0.05) is 138 Å². The van der Waals surface area contributed by atoms with Crippen LogP contribution < -0.4 is 0 Å². The Morgan fingerprint density at radius 1 is 0.232 bits per heavy atom. The summed E-state index contributed by atoms with van der Waals surface area (Å²) >= 11 is 35.1. The maximum absolute atomic E-state index is 4.39. The first kappa shape index (κ1) is 68.9. The summed E-state index contributed by atoms with van der Waals surface area (Å²) in [5.41, 5.74) is 29.4. The van der Waals surface area contributed by atoms with Gasteiger partial charge >= 0.3 is 0 Å². The molecule has 56 heavy (non-hydrogen) atoms. The van der Waals surface area contributed by atoms with Crippen LogP contribution in [0.15, 0.2) is 16.9 Å². The van der Waals surface area contributed by atoms with E-state index in [-0.39, 0.29) is 94.9 Å². The van der Waals surface area contributed by atoms with E-state index < -0.39 is 0 Å². The summed E-state index contributed by atoms with van der Waals surface area (Å²) in [5.74, 6) is 0. The second-order valence-corrected chi connectivity index (χ2v) is 17.9. The van der Waals surface area contributed by atoms with E-state index in [1.807, 2.05) is 0 Å². The Labute approximate surface area is 440 Å². The first-order valence-corrected chi connectivity index (χ1v) is 20.4. The van der Waals surface area contributed by atoms with Crippen LogP contribution in [0.1, 0.15) is 111 Å². The average molecular weight is 1260 g/mol. The molecule has 0 aliphatic rings. The van der Waals surface area contributed by atoms with Crippen molar-refractivity contribution in [1.82, 2.24) is 0 Å². The Morgan fingerprint density at radius 3 is 0.321 bits per heavy atom. The Morgan fingerprint density at radius 2 is 0.304 bits per heavy atom. The molecule has 0 fully saturated rings. The minimum Gasteiger partial charge on any atom is -0.810 e. The quantitative estimate of drug-likeness (QED) is 0.0958. The summed E-state index contributed by atoms with van der Waals surface area (Å²) in [4.78, 5) is 0. The normalized spacial score (nSPS) is 9.07. The van der Waals surface area contributed by atoms with E-state index in [0.717, 1.165) is 0 Å². The Kier molecular flexibility index (Phi) is 39.2. The van der Waals surface area contributed by atoms with Crippen LogP contribution in [0, 0.1) is 138 Å². The van der Waals surface area contributed by atoms with E-state index in [9.17, 15) is 0 Å². The largest absolute Gasteiger partial charge is 0.810 e. The van der Waals surface area contributed by atoms with Crippen molar-refractivity contribution in [1.29, 1.82) is 0 Å². The summed E-state index contributed by atoms with van der Waals surface area (Å²) in [6.07, 6.45) is 0. The van der Waals surface area contributed by atoms with E-state index in [1.54, 1.807) is 0 Å². The Hall–Kier alpha value is 1.13. The van der Waals surface area contributed by atoms with Gasteiger partial charge in [-0.05, 0) is 0 Å². The molecule has 0 atom stereocenters. The molecule has 0 amide bonds. The molecule has 0 unspecified atom stereocenters. The molecule has 0 N–H and O–H groups in total. The Balaban J connectivity index is -0.000000134. The van der Waals surface area contributed by atoms with Crippen LogP contribution >= 0.6 is 0 Å². The van der Waals surface area contributed by atoms with Gasteiger partial charge in [0.25, 0.3) is 0 Å². The SMILES string of the molecule is Cc1c(C)c(C)[c-](C)c1C.Cc1c(C)c(C)[c-](C)c1C.Cc1c(C)c(C)[c-](C)c1C.Cc1c(C)c(C)[c-](C)c1C.[Rh].[Rh].[Rh].[Rh].[S-]C([S-])=C([S-])[S-].[S-]C([S-])=C([S-])[S-]. The second-order valence-electron chi connectivity index (χ2n) is 13.6. The second kappa shape index (κ2) is 31.9. The van der Waals surface area contributed by atoms with Crippen LogP contribution in [-0.4, -0.2) is 0 Å². The van der Waals surface area contributed by atoms with E-state index in [2.05, 4.69) is 240 Å². The van der Waals surface area contributed by atoms with Crippen molar-refractivity contribution in [2.45, 2.75) is 138 Å². The third-order valence-corrected chi connectivity index (χ3v) is 14.2. The zero-order valence-corrected chi connectivity index (χ0v) is 49.7. The van der Waals surface area contributed by atoms with Gasteiger partial charge in [-0.3, -0.25) is 0 Å². The molecule has 0 aliphatic heterocycles. The molecular weight excluding hydrogens is 1200 g/mol. The van der Waals surface area contributed by atoms with Crippen molar-refractivity contribution in [3.8, 4) is 0 Å². The molecule has 0 bridgehead atoms. The van der Waals surface area contributed by atoms with Crippen molar-refractivity contribution in [3.05, 3.63) is 128 Å². The van der Waals surface area contributed by atoms with Gasteiger partial charge in [0, 0.05) is 77.9 Å². The Bertz CT molecular complexity index is 1260. The molecule has 0 heterocycles. The summed E-state index contributed by atoms with van der Waals surface area (Å²) in [6, 6.07) is 0. The fraction of sp³-hybridized carbons (Fsp3) is 0.455. The van der Waals surface area contributed by atoms with Crippen LogP contribution in [0.25, 0.3) is 0 Å². The summed E-state index contributed by atoms with van der Waals surface area (Å²) in [7, 11) is 0. The zero-order chi connectivity index (χ0) is 41.9. The average Bonchev–Trinajstić information content (AvgIpc) is 3.53. The molecular formula is C44H60Rh4S8-12. The van der Waals surface area contributed by atoms with Crippen LogP contribution in [0.5, 0.6) is 0 Å². The first-order chi connectivity index (χ1) is 23.5. The van der Waals surface area contributed by atoms with Crippen molar-refractivity contribution >= 4 is 101 Å². The molecule has 4 aromatic rings. The van der Waals surface area contributed by atoms with E-state index in [1.165, 1.54) is 111 Å². The van der Waals surface area contributed by atoms with Crippen molar-refractivity contribution in [3.63, 3.8) is 0 Å². The van der Waals surface area contributed by atoms with Crippen LogP contribution in [0.3, 0.4) is 0 Å². The molecule has 332 valence electrons. The van der Waals surface area contributed by atoms with Crippen LogP contribution in [0.2, 0.25) is 0 Å². The maximum Gasteiger partial charge on any atom is 0 e. The summed E-state index contributed by atoms with van der Waals surface area (Å²) in [5, 5.41) is 0. The van der Waals surface area contributed by atoms with Gasteiger partial charge in [0.15, 0.2) is 0 Å². The number of hydrogen-bond acceptors (Lipinski definition) is 8. The molecule has 12 heteroatoms. The molecule has 0 nitrogen and oxygen atoms in total. The predicted molar refractivity (Wildman–Crippen MR) is 256 cm³/mol. The predicted octanol–water partition coefficient (Wildman–Crippen LogP) is 12.4. The fourth-order valence-corrected chi connectivity index (χ4v) is 5.62. The van der Waals surface area contributed by atoms with Crippen LogP contribution in [-0.2, 0) is 179 Å². The van der Waals surface area contributed by atoms with Gasteiger partial charge in [0.2, 0.25) is 0 Å². The van der Waals surface area contributed by atoms with Gasteiger partial charge in [0.1, 0.15) is 0 Å².